The highest BCUT2D eigenvalue weighted by Gasteiger charge is 2.02. The van der Waals surface area contributed by atoms with Crippen molar-refractivity contribution in [2.75, 3.05) is 0 Å². The Hall–Kier alpha value is -1.30. The molecule has 0 unspecified atom stereocenters. The number of hydrogen-bond donors (Lipinski definition) is 0. The lowest BCUT2D eigenvalue weighted by Crippen LogP contribution is -1.88. The molecule has 0 saturated carbocycles. The summed E-state index contributed by atoms with van der Waals surface area (Å²) in [7, 11) is 0. The van der Waals surface area contributed by atoms with Crippen molar-refractivity contribution in [2.45, 2.75) is 38.5 Å². The van der Waals surface area contributed by atoms with E-state index in [0.29, 0.717) is 11.8 Å². The van der Waals surface area contributed by atoms with E-state index in [-0.39, 0.29) is 0 Å². The predicted octanol–water partition coefficient (Wildman–Crippen LogP) is 5.37. The van der Waals surface area contributed by atoms with E-state index >= 15 is 0 Å². The molecule has 0 amide bonds. The normalized spacial score (nSPS) is 18.9. The third-order valence-corrected chi connectivity index (χ3v) is 3.64. The largest absolute Gasteiger partial charge is 0.0885 e. The van der Waals surface area contributed by atoms with E-state index in [4.69, 9.17) is 0 Å². The van der Waals surface area contributed by atoms with Crippen LogP contribution in [0.1, 0.15) is 38.5 Å². The summed E-state index contributed by atoms with van der Waals surface area (Å²) >= 11 is 0. The van der Waals surface area contributed by atoms with Crippen molar-refractivity contribution in [2.24, 2.45) is 11.8 Å². The van der Waals surface area contributed by atoms with E-state index < -0.39 is 0 Å². The molecule has 2 rings (SSSR count). The van der Waals surface area contributed by atoms with Gasteiger partial charge in [-0.25, -0.2) is 0 Å². The lowest BCUT2D eigenvalue weighted by Gasteiger charge is -2.03. The second-order valence-electron chi connectivity index (χ2n) is 5.20. The van der Waals surface area contributed by atoms with Gasteiger partial charge in [0.1, 0.15) is 0 Å². The van der Waals surface area contributed by atoms with Crippen LogP contribution < -0.4 is 0 Å². The first kappa shape index (κ1) is 13.1. The Morgan fingerprint density at radius 3 is 1.39 bits per heavy atom. The van der Waals surface area contributed by atoms with Gasteiger partial charge >= 0.3 is 0 Å². The molecule has 0 bridgehead atoms. The molecule has 0 heteroatoms. The summed E-state index contributed by atoms with van der Waals surface area (Å²) in [4.78, 5) is 0. The monoisotopic (exact) mass is 240 g/mol. The molecule has 0 nitrogen and oxygen atoms in total. The third kappa shape index (κ3) is 4.91. The minimum Gasteiger partial charge on any atom is -0.0885 e. The Morgan fingerprint density at radius 2 is 1.00 bits per heavy atom. The van der Waals surface area contributed by atoms with Crippen molar-refractivity contribution in [1.82, 2.24) is 0 Å². The van der Waals surface area contributed by atoms with Gasteiger partial charge in [-0.15, -0.1) is 0 Å². The summed E-state index contributed by atoms with van der Waals surface area (Å²) in [5.41, 5.74) is 0. The highest BCUT2D eigenvalue weighted by molar-refractivity contribution is 5.17. The summed E-state index contributed by atoms with van der Waals surface area (Å²) in [6.07, 6.45) is 30.3. The minimum atomic E-state index is 0.708. The fourth-order valence-electron chi connectivity index (χ4n) is 2.52. The van der Waals surface area contributed by atoms with Crippen LogP contribution in [0, 0.1) is 11.8 Å². The Kier molecular flexibility index (Phi) is 5.78. The first-order chi connectivity index (χ1) is 8.95. The second kappa shape index (κ2) is 7.92. The molecule has 0 spiro atoms. The van der Waals surface area contributed by atoms with Crippen LogP contribution >= 0.6 is 0 Å². The Labute approximate surface area is 111 Å². The van der Waals surface area contributed by atoms with E-state index in [9.17, 15) is 0 Å². The molecule has 0 saturated heterocycles. The predicted molar refractivity (Wildman–Crippen MR) is 80.4 cm³/mol. The van der Waals surface area contributed by atoms with Gasteiger partial charge < -0.3 is 0 Å². The molecule has 96 valence electrons. The molecular weight excluding hydrogens is 216 g/mol. The second-order valence-corrected chi connectivity index (χ2v) is 5.20. The van der Waals surface area contributed by atoms with Gasteiger partial charge in [-0.3, -0.25) is 0 Å². The van der Waals surface area contributed by atoms with E-state index in [2.05, 4.69) is 60.8 Å². The fourth-order valence-corrected chi connectivity index (χ4v) is 2.52. The van der Waals surface area contributed by atoms with Crippen LogP contribution in [0.3, 0.4) is 0 Å². The summed E-state index contributed by atoms with van der Waals surface area (Å²) < 4.78 is 0. The molecule has 0 aliphatic heterocycles. The highest BCUT2D eigenvalue weighted by Crippen LogP contribution is 2.18. The average Bonchev–Trinajstić information content (AvgIpc) is 3.05. The van der Waals surface area contributed by atoms with Gasteiger partial charge in [-0.1, -0.05) is 60.8 Å². The first-order valence-electron chi connectivity index (χ1n) is 7.30. The summed E-state index contributed by atoms with van der Waals surface area (Å²) in [6.45, 7) is 0. The average molecular weight is 240 g/mol. The Balaban J connectivity index is 1.42. The minimum absolute atomic E-state index is 0.708. The molecule has 2 aliphatic rings. The molecule has 0 radical (unpaired) electrons. The zero-order valence-electron chi connectivity index (χ0n) is 11.2. The fraction of sp³-hybridized carbons (Fsp3) is 0.444. The Bertz CT molecular complexity index is 305. The molecular formula is C18H24. The Morgan fingerprint density at radius 1 is 0.611 bits per heavy atom. The van der Waals surface area contributed by atoms with Crippen molar-refractivity contribution in [3.8, 4) is 0 Å². The summed E-state index contributed by atoms with van der Waals surface area (Å²) in [6, 6.07) is 0. The molecule has 0 atom stereocenters. The van der Waals surface area contributed by atoms with Crippen LogP contribution in [0.5, 0.6) is 0 Å². The molecule has 0 aromatic carbocycles. The van der Waals surface area contributed by atoms with E-state index in [1.165, 1.54) is 38.5 Å². The van der Waals surface area contributed by atoms with Gasteiger partial charge in [-0.2, -0.15) is 0 Å². The van der Waals surface area contributed by atoms with Crippen molar-refractivity contribution >= 4 is 0 Å². The molecule has 0 aromatic heterocycles. The summed E-state index contributed by atoms with van der Waals surface area (Å²) in [5, 5.41) is 0. The topological polar surface area (TPSA) is 0 Å². The van der Waals surface area contributed by atoms with Crippen LogP contribution in [0.2, 0.25) is 0 Å². The van der Waals surface area contributed by atoms with Crippen LogP contribution in [0.4, 0.5) is 0 Å². The van der Waals surface area contributed by atoms with Crippen LogP contribution in [0.15, 0.2) is 60.8 Å². The highest BCUT2D eigenvalue weighted by atomic mass is 14.1. The van der Waals surface area contributed by atoms with Crippen LogP contribution in [-0.4, -0.2) is 0 Å². The van der Waals surface area contributed by atoms with Crippen molar-refractivity contribution in [1.29, 1.82) is 0 Å². The van der Waals surface area contributed by atoms with E-state index in [1.807, 2.05) is 0 Å². The number of hydrogen-bond acceptors (Lipinski definition) is 0. The molecule has 0 aromatic rings. The van der Waals surface area contributed by atoms with E-state index in [0.717, 1.165) is 0 Å². The SMILES string of the molecule is C1=CC(CCC/C=C/CCCC2C=CC=C2)C=C1. The molecule has 2 aliphatic carbocycles. The lowest BCUT2D eigenvalue weighted by molar-refractivity contribution is 0.657. The third-order valence-electron chi connectivity index (χ3n) is 3.64. The maximum absolute atomic E-state index is 2.36. The smallest absolute Gasteiger partial charge is 0.00472 e. The quantitative estimate of drug-likeness (QED) is 0.395. The molecule has 0 heterocycles. The molecule has 18 heavy (non-hydrogen) atoms. The van der Waals surface area contributed by atoms with Crippen molar-refractivity contribution in [3.63, 3.8) is 0 Å². The maximum atomic E-state index is 2.36. The van der Waals surface area contributed by atoms with Gasteiger partial charge in [0.15, 0.2) is 0 Å². The van der Waals surface area contributed by atoms with Crippen LogP contribution in [-0.2, 0) is 0 Å². The number of rotatable bonds is 8. The number of unbranched alkanes of at least 4 members (excludes halogenated alkanes) is 2. The van der Waals surface area contributed by atoms with Gasteiger partial charge in [-0.05, 0) is 50.4 Å². The zero-order chi connectivity index (χ0) is 12.5. The van der Waals surface area contributed by atoms with Gasteiger partial charge in [0.2, 0.25) is 0 Å². The van der Waals surface area contributed by atoms with Gasteiger partial charge in [0, 0.05) is 0 Å². The molecule has 0 N–H and O–H groups in total. The van der Waals surface area contributed by atoms with Gasteiger partial charge in [0.25, 0.3) is 0 Å². The lowest BCUT2D eigenvalue weighted by atomic mass is 10.0. The van der Waals surface area contributed by atoms with Crippen molar-refractivity contribution < 1.29 is 0 Å². The van der Waals surface area contributed by atoms with Crippen LogP contribution in [0.25, 0.3) is 0 Å². The standard InChI is InChI=1S/C18H24/c1(3-5-11-17-13-7-8-14-17)2-4-6-12-18-15-9-10-16-18/h1-2,7-10,13-18H,3-6,11-12H2/b2-1+. The first-order valence-corrected chi connectivity index (χ1v) is 7.30. The van der Waals surface area contributed by atoms with E-state index in [1.54, 1.807) is 0 Å². The van der Waals surface area contributed by atoms with Crippen molar-refractivity contribution in [3.05, 3.63) is 60.8 Å². The number of allylic oxidation sites excluding steroid dienone is 10. The maximum Gasteiger partial charge on any atom is -0.00472 e. The molecule has 0 fully saturated rings. The van der Waals surface area contributed by atoms with Gasteiger partial charge in [0.05, 0.1) is 0 Å². The summed E-state index contributed by atoms with van der Waals surface area (Å²) in [5.74, 6) is 1.42. The zero-order valence-corrected chi connectivity index (χ0v) is 11.2.